The first-order chi connectivity index (χ1) is 17.1. The van der Waals surface area contributed by atoms with Crippen LogP contribution in [0.4, 0.5) is 5.69 Å². The number of hydrogen-bond donors (Lipinski definition) is 2. The van der Waals surface area contributed by atoms with E-state index in [1.165, 1.54) is 48.4 Å². The fourth-order valence-electron chi connectivity index (χ4n) is 5.21. The van der Waals surface area contributed by atoms with Crippen LogP contribution in [0.25, 0.3) is 11.1 Å². The monoisotopic (exact) mass is 507 g/mol. The van der Waals surface area contributed by atoms with Crippen molar-refractivity contribution in [2.75, 3.05) is 18.4 Å². The summed E-state index contributed by atoms with van der Waals surface area (Å²) in [7, 11) is 0. The summed E-state index contributed by atoms with van der Waals surface area (Å²) >= 11 is 7.21. The first-order valence-electron chi connectivity index (χ1n) is 12.3. The minimum Gasteiger partial charge on any atom is -0.348 e. The second kappa shape index (κ2) is 10.9. The zero-order valence-corrected chi connectivity index (χ0v) is 21.2. The Morgan fingerprint density at radius 1 is 0.943 bits per heavy atom. The topological polar surface area (TPSA) is 61.4 Å². The van der Waals surface area contributed by atoms with Crippen LogP contribution >= 0.6 is 22.9 Å². The minimum atomic E-state index is -0.241. The van der Waals surface area contributed by atoms with E-state index in [4.69, 9.17) is 11.6 Å². The number of benzene rings is 2. The second-order valence-electron chi connectivity index (χ2n) is 9.43. The number of anilines is 1. The first-order valence-corrected chi connectivity index (χ1v) is 13.5. The van der Waals surface area contributed by atoms with E-state index in [1.54, 1.807) is 12.1 Å². The predicted octanol–water partition coefficient (Wildman–Crippen LogP) is 6.20. The van der Waals surface area contributed by atoms with Crippen molar-refractivity contribution in [1.29, 1.82) is 0 Å². The molecule has 1 aliphatic heterocycles. The van der Waals surface area contributed by atoms with Crippen LogP contribution in [0, 0.1) is 5.92 Å². The lowest BCUT2D eigenvalue weighted by molar-refractivity contribution is -0.120. The van der Waals surface area contributed by atoms with Crippen LogP contribution < -0.4 is 10.6 Å². The van der Waals surface area contributed by atoms with Crippen molar-refractivity contribution in [1.82, 2.24) is 10.2 Å². The number of halogens is 1. The highest BCUT2D eigenvalue weighted by atomic mass is 35.5. The smallest absolute Gasteiger partial charge is 0.261 e. The summed E-state index contributed by atoms with van der Waals surface area (Å²) in [5.41, 5.74) is 4.50. The molecule has 1 saturated carbocycles. The maximum atomic E-state index is 13.1. The van der Waals surface area contributed by atoms with E-state index in [0.717, 1.165) is 37.1 Å². The molecule has 0 unspecified atom stereocenters. The van der Waals surface area contributed by atoms with Gasteiger partial charge in [0.05, 0.1) is 15.1 Å². The molecule has 182 valence electrons. The van der Waals surface area contributed by atoms with Crippen LogP contribution in [-0.4, -0.2) is 35.8 Å². The molecule has 2 atom stereocenters. The molecule has 2 heterocycles. The van der Waals surface area contributed by atoms with Crippen molar-refractivity contribution in [3.63, 3.8) is 0 Å². The fraction of sp³-hybridized carbons (Fsp3) is 0.357. The molecule has 0 bridgehead atoms. The van der Waals surface area contributed by atoms with Gasteiger partial charge in [-0.1, -0.05) is 54.4 Å². The SMILES string of the molecule is O=C(N[C@@H]1CCC[C@@H]1C(=O)Nc1ccc(-c2ccccc2CN2CCCC2)cc1)c1ccc(Cl)s1. The minimum absolute atomic E-state index is 0.0424. The van der Waals surface area contributed by atoms with E-state index in [1.807, 2.05) is 12.1 Å². The molecule has 5 rings (SSSR count). The van der Waals surface area contributed by atoms with Crippen LogP contribution in [0.1, 0.15) is 47.3 Å². The van der Waals surface area contributed by atoms with Crippen molar-refractivity contribution < 1.29 is 9.59 Å². The highest BCUT2D eigenvalue weighted by molar-refractivity contribution is 7.18. The lowest BCUT2D eigenvalue weighted by Crippen LogP contribution is -2.41. The van der Waals surface area contributed by atoms with E-state index < -0.39 is 0 Å². The molecule has 7 heteroatoms. The molecule has 2 fully saturated rings. The van der Waals surface area contributed by atoms with Crippen LogP contribution in [-0.2, 0) is 11.3 Å². The van der Waals surface area contributed by atoms with Gasteiger partial charge in [-0.3, -0.25) is 14.5 Å². The van der Waals surface area contributed by atoms with Gasteiger partial charge in [0.25, 0.3) is 5.91 Å². The summed E-state index contributed by atoms with van der Waals surface area (Å²) in [6, 6.07) is 19.9. The summed E-state index contributed by atoms with van der Waals surface area (Å²) in [6.07, 6.45) is 5.05. The van der Waals surface area contributed by atoms with Gasteiger partial charge in [-0.05, 0) is 79.7 Å². The third kappa shape index (κ3) is 5.77. The first kappa shape index (κ1) is 24.0. The zero-order chi connectivity index (χ0) is 24.2. The van der Waals surface area contributed by atoms with Crippen molar-refractivity contribution in [2.24, 2.45) is 5.92 Å². The molecule has 1 aliphatic carbocycles. The molecule has 35 heavy (non-hydrogen) atoms. The normalized spacial score (nSPS) is 20.1. The Kier molecular flexibility index (Phi) is 7.51. The number of carbonyl (C=O) groups is 2. The number of carbonyl (C=O) groups excluding carboxylic acids is 2. The van der Waals surface area contributed by atoms with Crippen molar-refractivity contribution in [3.05, 3.63) is 75.4 Å². The van der Waals surface area contributed by atoms with Gasteiger partial charge < -0.3 is 10.6 Å². The Bertz CT molecular complexity index is 1190. The highest BCUT2D eigenvalue weighted by Gasteiger charge is 2.34. The lowest BCUT2D eigenvalue weighted by atomic mass is 9.98. The highest BCUT2D eigenvalue weighted by Crippen LogP contribution is 2.30. The van der Waals surface area contributed by atoms with Gasteiger partial charge in [0.15, 0.2) is 0 Å². The molecule has 0 spiro atoms. The number of nitrogens with zero attached hydrogens (tertiary/aromatic N) is 1. The maximum absolute atomic E-state index is 13.1. The molecule has 5 nitrogen and oxygen atoms in total. The molecule has 0 radical (unpaired) electrons. The quantitative estimate of drug-likeness (QED) is 0.400. The number of hydrogen-bond acceptors (Lipinski definition) is 4. The number of thiophene rings is 1. The molecule has 1 saturated heterocycles. The molecule has 2 aliphatic rings. The van der Waals surface area contributed by atoms with E-state index in [2.05, 4.69) is 51.9 Å². The van der Waals surface area contributed by atoms with Gasteiger partial charge in [-0.2, -0.15) is 0 Å². The molecule has 1 aromatic heterocycles. The Labute approximate surface area is 215 Å². The summed E-state index contributed by atoms with van der Waals surface area (Å²) < 4.78 is 0.581. The van der Waals surface area contributed by atoms with Crippen LogP contribution in [0.5, 0.6) is 0 Å². The van der Waals surface area contributed by atoms with E-state index >= 15 is 0 Å². The third-order valence-electron chi connectivity index (χ3n) is 7.04. The van der Waals surface area contributed by atoms with Crippen LogP contribution in [0.15, 0.2) is 60.7 Å². The molecule has 2 N–H and O–H groups in total. The molecule has 2 amide bonds. The lowest BCUT2D eigenvalue weighted by Gasteiger charge is -2.20. The Hall–Kier alpha value is -2.67. The number of nitrogens with one attached hydrogen (secondary N) is 2. The molecule has 2 aromatic carbocycles. The largest absolute Gasteiger partial charge is 0.348 e. The van der Waals surface area contributed by atoms with Crippen molar-refractivity contribution in [3.8, 4) is 11.1 Å². The average molecular weight is 508 g/mol. The van der Waals surface area contributed by atoms with Crippen LogP contribution in [0.3, 0.4) is 0 Å². The Morgan fingerprint density at radius 3 is 2.46 bits per heavy atom. The maximum Gasteiger partial charge on any atom is 0.261 e. The number of amides is 2. The van der Waals surface area contributed by atoms with Gasteiger partial charge in [-0.15, -0.1) is 11.3 Å². The Balaban J connectivity index is 1.22. The number of rotatable bonds is 7. The molecule has 3 aromatic rings. The van der Waals surface area contributed by atoms with Gasteiger partial charge in [0, 0.05) is 18.3 Å². The van der Waals surface area contributed by atoms with Gasteiger partial charge in [-0.25, -0.2) is 0 Å². The molecular weight excluding hydrogens is 478 g/mol. The predicted molar refractivity (Wildman–Crippen MR) is 143 cm³/mol. The van der Waals surface area contributed by atoms with E-state index in [-0.39, 0.29) is 23.8 Å². The fourth-order valence-corrected chi connectivity index (χ4v) is 6.16. The van der Waals surface area contributed by atoms with Gasteiger partial charge in [0.1, 0.15) is 0 Å². The van der Waals surface area contributed by atoms with Crippen molar-refractivity contribution >= 4 is 40.4 Å². The Morgan fingerprint density at radius 2 is 1.71 bits per heavy atom. The van der Waals surface area contributed by atoms with Crippen LogP contribution in [0.2, 0.25) is 4.34 Å². The molecular formula is C28H30ClN3O2S. The average Bonchev–Trinajstić information content (AvgIpc) is 3.63. The zero-order valence-electron chi connectivity index (χ0n) is 19.6. The summed E-state index contributed by atoms with van der Waals surface area (Å²) in [5.74, 6) is -0.446. The van der Waals surface area contributed by atoms with E-state index in [0.29, 0.717) is 9.21 Å². The summed E-state index contributed by atoms with van der Waals surface area (Å²) in [6.45, 7) is 3.31. The number of likely N-dealkylation sites (tertiary alicyclic amines) is 1. The summed E-state index contributed by atoms with van der Waals surface area (Å²) in [5, 5.41) is 6.11. The van der Waals surface area contributed by atoms with E-state index in [9.17, 15) is 9.59 Å². The third-order valence-corrected chi connectivity index (χ3v) is 8.27. The van der Waals surface area contributed by atoms with Gasteiger partial charge in [0.2, 0.25) is 5.91 Å². The van der Waals surface area contributed by atoms with Crippen molar-refractivity contribution in [2.45, 2.75) is 44.7 Å². The summed E-state index contributed by atoms with van der Waals surface area (Å²) in [4.78, 5) is 28.7. The second-order valence-corrected chi connectivity index (χ2v) is 11.1. The van der Waals surface area contributed by atoms with Gasteiger partial charge >= 0.3 is 0 Å². The standard InChI is InChI=1S/C28H30ClN3O2S/c29-26-15-14-25(35-26)28(34)31-24-9-5-8-23(24)27(33)30-21-12-10-19(11-13-21)22-7-2-1-6-20(22)18-32-16-3-4-17-32/h1-2,6-7,10-15,23-24H,3-5,8-9,16-18H2,(H,30,33)(H,31,34)/t23-,24+/m0/s1.